The second-order valence-electron chi connectivity index (χ2n) is 5.03. The molecular formula is C14H21NO3. The van der Waals surface area contributed by atoms with Crippen molar-refractivity contribution in [3.05, 3.63) is 29.8 Å². The largest absolute Gasteiger partial charge is 0.497 e. The summed E-state index contributed by atoms with van der Waals surface area (Å²) in [7, 11) is 1.61. The molecule has 100 valence electrons. The molecule has 0 aliphatic carbocycles. The molecule has 0 heterocycles. The molecule has 0 saturated carbocycles. The minimum absolute atomic E-state index is 0.0892. The van der Waals surface area contributed by atoms with Crippen molar-refractivity contribution in [2.75, 3.05) is 13.7 Å². The maximum absolute atomic E-state index is 12.0. The Bertz CT molecular complexity index is 398. The van der Waals surface area contributed by atoms with Gasteiger partial charge < -0.3 is 15.2 Å². The molecule has 0 saturated heterocycles. The van der Waals surface area contributed by atoms with Crippen LogP contribution in [-0.2, 0) is 4.79 Å². The summed E-state index contributed by atoms with van der Waals surface area (Å²) in [5.41, 5.74) is 0.319. The number of aliphatic hydroxyl groups excluding tert-OH is 1. The third-order valence-electron chi connectivity index (χ3n) is 2.87. The molecule has 0 fully saturated rings. The van der Waals surface area contributed by atoms with Gasteiger partial charge in [0, 0.05) is 0 Å². The van der Waals surface area contributed by atoms with Crippen LogP contribution in [-0.4, -0.2) is 30.3 Å². The van der Waals surface area contributed by atoms with Gasteiger partial charge in [0.2, 0.25) is 5.91 Å². The zero-order valence-electron chi connectivity index (χ0n) is 11.4. The lowest BCUT2D eigenvalue weighted by Gasteiger charge is -2.25. The molecule has 1 aromatic carbocycles. The van der Waals surface area contributed by atoms with Gasteiger partial charge in [-0.25, -0.2) is 0 Å². The Morgan fingerprint density at radius 3 is 2.39 bits per heavy atom. The van der Waals surface area contributed by atoms with Gasteiger partial charge in [0.05, 0.1) is 25.2 Å². The first-order valence-electron chi connectivity index (χ1n) is 5.96. The van der Waals surface area contributed by atoms with E-state index in [1.54, 1.807) is 21.0 Å². The maximum Gasteiger partial charge on any atom is 0.227 e. The molecule has 1 atom stereocenters. The zero-order chi connectivity index (χ0) is 13.8. The van der Waals surface area contributed by atoms with E-state index in [1.165, 1.54) is 0 Å². The van der Waals surface area contributed by atoms with Crippen molar-refractivity contribution < 1.29 is 14.6 Å². The number of carbonyl (C=O) groups excluding carboxylic acids is 1. The van der Waals surface area contributed by atoms with Gasteiger partial charge in [0.25, 0.3) is 0 Å². The van der Waals surface area contributed by atoms with Gasteiger partial charge in [-0.15, -0.1) is 0 Å². The number of benzene rings is 1. The summed E-state index contributed by atoms with van der Waals surface area (Å²) < 4.78 is 5.07. The van der Waals surface area contributed by atoms with Crippen molar-refractivity contribution in [1.29, 1.82) is 0 Å². The van der Waals surface area contributed by atoms with Crippen LogP contribution in [0.15, 0.2) is 24.3 Å². The van der Waals surface area contributed by atoms with E-state index in [-0.39, 0.29) is 18.4 Å². The number of amides is 1. The van der Waals surface area contributed by atoms with Gasteiger partial charge in [0.15, 0.2) is 0 Å². The molecular weight excluding hydrogens is 230 g/mol. The van der Waals surface area contributed by atoms with Crippen LogP contribution in [0.3, 0.4) is 0 Å². The Kier molecular flexibility index (Phi) is 4.73. The summed E-state index contributed by atoms with van der Waals surface area (Å²) in [5.74, 6) is 0.406. The van der Waals surface area contributed by atoms with Crippen molar-refractivity contribution >= 4 is 5.91 Å². The zero-order valence-corrected chi connectivity index (χ0v) is 11.4. The van der Waals surface area contributed by atoms with E-state index >= 15 is 0 Å². The molecule has 0 spiro atoms. The van der Waals surface area contributed by atoms with E-state index in [0.717, 1.165) is 11.3 Å². The Morgan fingerprint density at radius 2 is 1.94 bits per heavy atom. The minimum Gasteiger partial charge on any atom is -0.497 e. The molecule has 0 aliphatic rings. The van der Waals surface area contributed by atoms with Crippen LogP contribution in [0.4, 0.5) is 0 Å². The summed E-state index contributed by atoms with van der Waals surface area (Å²) in [5, 5.41) is 11.9. The molecule has 0 aliphatic heterocycles. The van der Waals surface area contributed by atoms with E-state index in [1.807, 2.05) is 31.2 Å². The van der Waals surface area contributed by atoms with Crippen LogP contribution in [0, 0.1) is 0 Å². The highest BCUT2D eigenvalue weighted by molar-refractivity contribution is 5.83. The number of hydrogen-bond acceptors (Lipinski definition) is 3. The summed E-state index contributed by atoms with van der Waals surface area (Å²) in [6.07, 6.45) is 0. The fourth-order valence-electron chi connectivity index (χ4n) is 1.53. The molecule has 1 unspecified atom stereocenters. The summed E-state index contributed by atoms with van der Waals surface area (Å²) in [6.45, 7) is 5.32. The number of methoxy groups -OCH3 is 1. The van der Waals surface area contributed by atoms with Crippen LogP contribution in [0.2, 0.25) is 0 Å². The SMILES string of the molecule is COc1ccc(C(C)C(=O)NC(C)(C)CO)cc1. The fourth-order valence-corrected chi connectivity index (χ4v) is 1.53. The molecule has 4 nitrogen and oxygen atoms in total. The second-order valence-corrected chi connectivity index (χ2v) is 5.03. The van der Waals surface area contributed by atoms with Crippen LogP contribution in [0.25, 0.3) is 0 Å². The van der Waals surface area contributed by atoms with Crippen molar-refractivity contribution in [2.24, 2.45) is 0 Å². The molecule has 0 aromatic heterocycles. The summed E-state index contributed by atoms with van der Waals surface area (Å²) >= 11 is 0. The Morgan fingerprint density at radius 1 is 1.39 bits per heavy atom. The minimum atomic E-state index is -0.599. The average molecular weight is 251 g/mol. The van der Waals surface area contributed by atoms with E-state index in [0.29, 0.717) is 0 Å². The number of aliphatic hydroxyl groups is 1. The number of hydrogen-bond donors (Lipinski definition) is 2. The fraction of sp³-hybridized carbons (Fsp3) is 0.500. The van der Waals surface area contributed by atoms with Crippen LogP contribution >= 0.6 is 0 Å². The van der Waals surface area contributed by atoms with Gasteiger partial charge in [-0.1, -0.05) is 12.1 Å². The van der Waals surface area contributed by atoms with Gasteiger partial charge in [0.1, 0.15) is 5.75 Å². The molecule has 0 bridgehead atoms. The number of rotatable bonds is 5. The molecule has 1 amide bonds. The summed E-state index contributed by atoms with van der Waals surface area (Å²) in [6, 6.07) is 7.40. The van der Waals surface area contributed by atoms with Gasteiger partial charge in [-0.05, 0) is 38.5 Å². The average Bonchev–Trinajstić information content (AvgIpc) is 2.37. The van der Waals surface area contributed by atoms with E-state index in [4.69, 9.17) is 9.84 Å². The highest BCUT2D eigenvalue weighted by Gasteiger charge is 2.23. The molecule has 1 aromatic rings. The quantitative estimate of drug-likeness (QED) is 0.837. The van der Waals surface area contributed by atoms with Gasteiger partial charge in [-0.2, -0.15) is 0 Å². The summed E-state index contributed by atoms with van der Waals surface area (Å²) in [4.78, 5) is 12.0. The van der Waals surface area contributed by atoms with Crippen molar-refractivity contribution in [1.82, 2.24) is 5.32 Å². The number of carbonyl (C=O) groups is 1. The lowest BCUT2D eigenvalue weighted by Crippen LogP contribution is -2.47. The van der Waals surface area contributed by atoms with E-state index in [2.05, 4.69) is 5.32 Å². The van der Waals surface area contributed by atoms with E-state index in [9.17, 15) is 4.79 Å². The molecule has 18 heavy (non-hydrogen) atoms. The highest BCUT2D eigenvalue weighted by Crippen LogP contribution is 2.20. The predicted octanol–water partition coefficient (Wildman–Crippen LogP) is 1.69. The Labute approximate surface area is 108 Å². The van der Waals surface area contributed by atoms with Crippen LogP contribution < -0.4 is 10.1 Å². The van der Waals surface area contributed by atoms with E-state index < -0.39 is 5.54 Å². The van der Waals surface area contributed by atoms with Gasteiger partial charge >= 0.3 is 0 Å². The number of ether oxygens (including phenoxy) is 1. The van der Waals surface area contributed by atoms with Crippen LogP contribution in [0.1, 0.15) is 32.3 Å². The number of nitrogens with one attached hydrogen (secondary N) is 1. The van der Waals surface area contributed by atoms with Crippen molar-refractivity contribution in [3.63, 3.8) is 0 Å². The highest BCUT2D eigenvalue weighted by atomic mass is 16.5. The monoisotopic (exact) mass is 251 g/mol. The lowest BCUT2D eigenvalue weighted by atomic mass is 9.98. The molecule has 4 heteroatoms. The van der Waals surface area contributed by atoms with Crippen molar-refractivity contribution in [2.45, 2.75) is 32.2 Å². The third-order valence-corrected chi connectivity index (χ3v) is 2.87. The molecule has 0 radical (unpaired) electrons. The Balaban J connectivity index is 2.73. The second kappa shape index (κ2) is 5.87. The van der Waals surface area contributed by atoms with Crippen molar-refractivity contribution in [3.8, 4) is 5.75 Å². The first-order chi connectivity index (χ1) is 8.39. The lowest BCUT2D eigenvalue weighted by molar-refractivity contribution is -0.124. The first kappa shape index (κ1) is 14.5. The standard InChI is InChI=1S/C14H21NO3/c1-10(13(17)15-14(2,3)9-16)11-5-7-12(18-4)8-6-11/h5-8,10,16H,9H2,1-4H3,(H,15,17). The predicted molar refractivity (Wildman–Crippen MR) is 70.7 cm³/mol. The third kappa shape index (κ3) is 3.74. The molecule has 2 N–H and O–H groups in total. The first-order valence-corrected chi connectivity index (χ1v) is 5.96. The normalized spacial score (nSPS) is 12.9. The Hall–Kier alpha value is -1.55. The van der Waals surface area contributed by atoms with Gasteiger partial charge in [-0.3, -0.25) is 4.79 Å². The molecule has 1 rings (SSSR count). The maximum atomic E-state index is 12.0. The van der Waals surface area contributed by atoms with Crippen LogP contribution in [0.5, 0.6) is 5.75 Å². The topological polar surface area (TPSA) is 58.6 Å². The smallest absolute Gasteiger partial charge is 0.227 e.